The van der Waals surface area contributed by atoms with Gasteiger partial charge in [-0.15, -0.1) is 0 Å². The average Bonchev–Trinajstić information content (AvgIpc) is 2.47. The Hall–Kier alpha value is -1.76. The summed E-state index contributed by atoms with van der Waals surface area (Å²) in [6, 6.07) is 12.4. The highest BCUT2D eigenvalue weighted by atomic mass is 14.7. The van der Waals surface area contributed by atoms with E-state index in [1.807, 2.05) is 6.07 Å². The van der Waals surface area contributed by atoms with Crippen molar-refractivity contribution >= 4 is 13.2 Å². The summed E-state index contributed by atoms with van der Waals surface area (Å²) >= 11 is 0. The van der Waals surface area contributed by atoms with Crippen molar-refractivity contribution in [2.24, 2.45) is 0 Å². The number of rotatable bonds is 2. The first-order valence-electron chi connectivity index (χ1n) is 4.65. The number of H-pyrrole nitrogens is 1. The van der Waals surface area contributed by atoms with Crippen molar-refractivity contribution in [2.75, 3.05) is 0 Å². The number of benzene rings is 1. The molecule has 1 heteroatoms. The minimum atomic E-state index is 0.922. The SMILES string of the molecule is C=c1cc(Cc2ccccc2)c(=C)[nH]1. The average molecular weight is 183 g/mol. The Morgan fingerprint density at radius 2 is 1.79 bits per heavy atom. The van der Waals surface area contributed by atoms with Gasteiger partial charge in [0.05, 0.1) is 0 Å². The minimum Gasteiger partial charge on any atom is -0.356 e. The second-order valence-electron chi connectivity index (χ2n) is 3.46. The molecule has 0 aliphatic rings. The highest BCUT2D eigenvalue weighted by molar-refractivity contribution is 5.27. The third kappa shape index (κ3) is 1.77. The van der Waals surface area contributed by atoms with Crippen molar-refractivity contribution in [2.45, 2.75) is 6.42 Å². The molecule has 1 heterocycles. The summed E-state index contributed by atoms with van der Waals surface area (Å²) in [7, 11) is 0. The predicted octanol–water partition coefficient (Wildman–Crippen LogP) is 1.43. The maximum Gasteiger partial charge on any atom is 0.0347 e. The van der Waals surface area contributed by atoms with E-state index in [9.17, 15) is 0 Å². The van der Waals surface area contributed by atoms with Gasteiger partial charge in [0, 0.05) is 10.7 Å². The van der Waals surface area contributed by atoms with Crippen LogP contribution in [0.15, 0.2) is 36.4 Å². The highest BCUT2D eigenvalue weighted by Gasteiger charge is 1.97. The molecule has 0 amide bonds. The van der Waals surface area contributed by atoms with E-state index in [0.29, 0.717) is 0 Å². The first-order valence-corrected chi connectivity index (χ1v) is 4.65. The van der Waals surface area contributed by atoms with Crippen LogP contribution in [0, 0.1) is 0 Å². The van der Waals surface area contributed by atoms with Crippen LogP contribution in [0.4, 0.5) is 0 Å². The van der Waals surface area contributed by atoms with E-state index in [1.54, 1.807) is 0 Å². The standard InChI is InChI=1S/C13H13N/c1-10-8-13(11(2)14-10)9-12-6-4-3-5-7-12/h3-8,14H,1-2,9H2. The number of aromatic amines is 1. The summed E-state index contributed by atoms with van der Waals surface area (Å²) in [4.78, 5) is 3.11. The van der Waals surface area contributed by atoms with E-state index in [4.69, 9.17) is 0 Å². The molecule has 1 N–H and O–H groups in total. The van der Waals surface area contributed by atoms with Crippen molar-refractivity contribution < 1.29 is 0 Å². The van der Waals surface area contributed by atoms with Crippen LogP contribution in [0.5, 0.6) is 0 Å². The zero-order valence-electron chi connectivity index (χ0n) is 8.09. The summed E-state index contributed by atoms with van der Waals surface area (Å²) < 4.78 is 0. The van der Waals surface area contributed by atoms with Gasteiger partial charge in [0.25, 0.3) is 0 Å². The van der Waals surface area contributed by atoms with Gasteiger partial charge >= 0.3 is 0 Å². The van der Waals surface area contributed by atoms with Crippen LogP contribution < -0.4 is 10.7 Å². The van der Waals surface area contributed by atoms with E-state index < -0.39 is 0 Å². The Bertz CT molecular complexity index is 508. The molecule has 0 saturated carbocycles. The topological polar surface area (TPSA) is 15.8 Å². The molecule has 1 aromatic carbocycles. The largest absolute Gasteiger partial charge is 0.356 e. The fourth-order valence-electron chi connectivity index (χ4n) is 1.58. The number of hydrogen-bond acceptors (Lipinski definition) is 0. The van der Waals surface area contributed by atoms with Crippen molar-refractivity contribution in [1.29, 1.82) is 0 Å². The zero-order valence-corrected chi connectivity index (χ0v) is 8.09. The first kappa shape index (κ1) is 8.82. The summed E-state index contributed by atoms with van der Waals surface area (Å²) in [5, 5.41) is 1.90. The van der Waals surface area contributed by atoms with Gasteiger partial charge in [0.2, 0.25) is 0 Å². The van der Waals surface area contributed by atoms with Crippen molar-refractivity contribution in [3.05, 3.63) is 58.2 Å². The maximum atomic E-state index is 3.94. The van der Waals surface area contributed by atoms with Crippen LogP contribution >= 0.6 is 0 Å². The lowest BCUT2D eigenvalue weighted by atomic mass is 10.1. The van der Waals surface area contributed by atoms with Gasteiger partial charge in [-0.3, -0.25) is 0 Å². The van der Waals surface area contributed by atoms with Crippen LogP contribution in [-0.4, -0.2) is 4.98 Å². The molecule has 1 nitrogen and oxygen atoms in total. The molecule has 70 valence electrons. The molecule has 0 unspecified atom stereocenters. The van der Waals surface area contributed by atoms with Gasteiger partial charge in [0.1, 0.15) is 0 Å². The molecule has 0 spiro atoms. The number of nitrogens with one attached hydrogen (secondary N) is 1. The molecule has 0 radical (unpaired) electrons. The second-order valence-corrected chi connectivity index (χ2v) is 3.46. The molecular weight excluding hydrogens is 170 g/mol. The van der Waals surface area contributed by atoms with E-state index >= 15 is 0 Å². The Morgan fingerprint density at radius 1 is 1.07 bits per heavy atom. The molecule has 0 atom stereocenters. The van der Waals surface area contributed by atoms with Gasteiger partial charge < -0.3 is 4.98 Å². The normalized spacial score (nSPS) is 10.3. The van der Waals surface area contributed by atoms with Crippen LogP contribution in [-0.2, 0) is 6.42 Å². The maximum absolute atomic E-state index is 3.94. The minimum absolute atomic E-state index is 0.922. The lowest BCUT2D eigenvalue weighted by Crippen LogP contribution is -2.08. The molecule has 0 bridgehead atoms. The summed E-state index contributed by atoms with van der Waals surface area (Å²) in [6.45, 7) is 7.79. The van der Waals surface area contributed by atoms with Gasteiger partial charge in [0.15, 0.2) is 0 Å². The van der Waals surface area contributed by atoms with Crippen LogP contribution in [0.2, 0.25) is 0 Å². The monoisotopic (exact) mass is 183 g/mol. The highest BCUT2D eigenvalue weighted by Crippen LogP contribution is 2.03. The molecule has 0 fully saturated rings. The lowest BCUT2D eigenvalue weighted by Gasteiger charge is -1.97. The molecule has 0 aliphatic heterocycles. The fourth-order valence-corrected chi connectivity index (χ4v) is 1.58. The Balaban J connectivity index is 2.32. The molecule has 14 heavy (non-hydrogen) atoms. The van der Waals surface area contributed by atoms with Gasteiger partial charge in [-0.25, -0.2) is 0 Å². The van der Waals surface area contributed by atoms with Crippen molar-refractivity contribution in [1.82, 2.24) is 4.98 Å². The molecule has 2 rings (SSSR count). The van der Waals surface area contributed by atoms with Gasteiger partial charge in [-0.05, 0) is 23.6 Å². The van der Waals surface area contributed by atoms with Crippen LogP contribution in [0.3, 0.4) is 0 Å². The molecule has 2 aromatic rings. The Kier molecular flexibility index (Phi) is 2.23. The van der Waals surface area contributed by atoms with E-state index in [0.717, 1.165) is 17.1 Å². The second kappa shape index (κ2) is 3.54. The fraction of sp³-hybridized carbons (Fsp3) is 0.0769. The number of hydrogen-bond donors (Lipinski definition) is 1. The van der Waals surface area contributed by atoms with E-state index in [2.05, 4.69) is 48.5 Å². The van der Waals surface area contributed by atoms with Gasteiger partial charge in [-0.1, -0.05) is 43.5 Å². The number of aromatic nitrogens is 1. The molecular formula is C13H13N. The predicted molar refractivity (Wildman–Crippen MR) is 60.3 cm³/mol. The smallest absolute Gasteiger partial charge is 0.0347 e. The summed E-state index contributed by atoms with van der Waals surface area (Å²) in [5.74, 6) is 0. The van der Waals surface area contributed by atoms with Crippen molar-refractivity contribution in [3.63, 3.8) is 0 Å². The van der Waals surface area contributed by atoms with Gasteiger partial charge in [-0.2, -0.15) is 0 Å². The third-order valence-corrected chi connectivity index (χ3v) is 2.28. The summed E-state index contributed by atoms with van der Waals surface area (Å²) in [5.41, 5.74) is 2.53. The Labute approximate surface area is 83.4 Å². The van der Waals surface area contributed by atoms with E-state index in [-0.39, 0.29) is 0 Å². The zero-order chi connectivity index (χ0) is 9.97. The summed E-state index contributed by atoms with van der Waals surface area (Å²) in [6.07, 6.45) is 0.922. The first-order chi connectivity index (χ1) is 6.75. The van der Waals surface area contributed by atoms with Crippen LogP contribution in [0.1, 0.15) is 11.1 Å². The van der Waals surface area contributed by atoms with Crippen LogP contribution in [0.25, 0.3) is 13.2 Å². The lowest BCUT2D eigenvalue weighted by molar-refractivity contribution is 1.16. The third-order valence-electron chi connectivity index (χ3n) is 2.28. The quantitative estimate of drug-likeness (QED) is 0.725. The molecule has 1 aromatic heterocycles. The van der Waals surface area contributed by atoms with E-state index in [1.165, 1.54) is 11.1 Å². The molecule has 0 saturated heterocycles. The van der Waals surface area contributed by atoms with Crippen molar-refractivity contribution in [3.8, 4) is 0 Å². The Morgan fingerprint density at radius 3 is 2.36 bits per heavy atom. The molecule has 0 aliphatic carbocycles.